The summed E-state index contributed by atoms with van der Waals surface area (Å²) in [6.45, 7) is 6.18. The van der Waals surface area contributed by atoms with Gasteiger partial charge in [-0.25, -0.2) is 0 Å². The molecular formula is C14H18F3N. The summed E-state index contributed by atoms with van der Waals surface area (Å²) in [7, 11) is 0. The van der Waals surface area contributed by atoms with Gasteiger partial charge in [0.15, 0.2) is 0 Å². The van der Waals surface area contributed by atoms with Crippen LogP contribution in [0.2, 0.25) is 0 Å². The fourth-order valence-electron chi connectivity index (χ4n) is 2.43. The summed E-state index contributed by atoms with van der Waals surface area (Å²) in [6, 6.07) is 4.02. The van der Waals surface area contributed by atoms with Crippen molar-refractivity contribution in [2.45, 2.75) is 51.9 Å². The Morgan fingerprint density at radius 1 is 1.11 bits per heavy atom. The Balaban J connectivity index is 2.12. The molecule has 0 atom stereocenters. The molecule has 4 heteroatoms. The highest BCUT2D eigenvalue weighted by Gasteiger charge is 2.62. The van der Waals surface area contributed by atoms with E-state index >= 15 is 0 Å². The van der Waals surface area contributed by atoms with Crippen molar-refractivity contribution in [3.63, 3.8) is 0 Å². The second-order valence-electron chi connectivity index (χ2n) is 5.31. The molecule has 1 nitrogen and oxygen atoms in total. The minimum absolute atomic E-state index is 0.195. The standard InChI is InChI=1S/C14H18F3N/c1-9-6-10(2)12(11(3)7-9)8-18-13(4-5-13)14(15,16)17/h6-7,18H,4-5,8H2,1-3H3. The predicted octanol–water partition coefficient (Wildman–Crippen LogP) is 3.80. The van der Waals surface area contributed by atoms with Crippen molar-refractivity contribution in [2.75, 3.05) is 0 Å². The monoisotopic (exact) mass is 257 g/mol. The van der Waals surface area contributed by atoms with E-state index in [0.717, 1.165) is 22.3 Å². The third-order valence-corrected chi connectivity index (χ3v) is 3.74. The van der Waals surface area contributed by atoms with E-state index in [-0.39, 0.29) is 19.4 Å². The van der Waals surface area contributed by atoms with Gasteiger partial charge in [-0.1, -0.05) is 17.7 Å². The third kappa shape index (κ3) is 2.39. The normalized spacial score (nSPS) is 17.9. The van der Waals surface area contributed by atoms with Crippen LogP contribution in [0.5, 0.6) is 0 Å². The molecule has 0 saturated heterocycles. The number of nitrogens with one attached hydrogen (secondary N) is 1. The van der Waals surface area contributed by atoms with Crippen LogP contribution in [-0.2, 0) is 6.54 Å². The molecule has 1 aliphatic carbocycles. The second kappa shape index (κ2) is 4.26. The van der Waals surface area contributed by atoms with Crippen LogP contribution in [0.3, 0.4) is 0 Å². The van der Waals surface area contributed by atoms with Crippen LogP contribution in [0.25, 0.3) is 0 Å². The van der Waals surface area contributed by atoms with Gasteiger partial charge in [0, 0.05) is 6.54 Å². The van der Waals surface area contributed by atoms with E-state index in [1.807, 2.05) is 32.9 Å². The van der Waals surface area contributed by atoms with Gasteiger partial charge in [-0.05, 0) is 50.3 Å². The van der Waals surface area contributed by atoms with E-state index in [1.165, 1.54) is 0 Å². The third-order valence-electron chi connectivity index (χ3n) is 3.74. The zero-order valence-electron chi connectivity index (χ0n) is 10.9. The summed E-state index contributed by atoms with van der Waals surface area (Å²) in [4.78, 5) is 0. The zero-order valence-corrected chi connectivity index (χ0v) is 10.9. The summed E-state index contributed by atoms with van der Waals surface area (Å²) in [5.41, 5.74) is 2.61. The van der Waals surface area contributed by atoms with Crippen LogP contribution in [0, 0.1) is 20.8 Å². The Morgan fingerprint density at radius 3 is 2.00 bits per heavy atom. The molecule has 1 aliphatic rings. The quantitative estimate of drug-likeness (QED) is 0.868. The largest absolute Gasteiger partial charge is 0.406 e. The minimum atomic E-state index is -4.14. The lowest BCUT2D eigenvalue weighted by Crippen LogP contribution is -2.44. The van der Waals surface area contributed by atoms with Crippen molar-refractivity contribution in [1.82, 2.24) is 5.32 Å². The van der Waals surface area contributed by atoms with Gasteiger partial charge in [0.25, 0.3) is 0 Å². The first kappa shape index (κ1) is 13.4. The Bertz CT molecular complexity index is 436. The lowest BCUT2D eigenvalue weighted by Gasteiger charge is -2.22. The predicted molar refractivity (Wildman–Crippen MR) is 65.5 cm³/mol. The van der Waals surface area contributed by atoms with Gasteiger partial charge in [0.2, 0.25) is 0 Å². The van der Waals surface area contributed by atoms with Crippen LogP contribution < -0.4 is 5.32 Å². The molecule has 0 bridgehead atoms. The van der Waals surface area contributed by atoms with Crippen molar-refractivity contribution in [2.24, 2.45) is 0 Å². The molecule has 1 saturated carbocycles. The molecule has 1 aromatic carbocycles. The second-order valence-corrected chi connectivity index (χ2v) is 5.31. The maximum Gasteiger partial charge on any atom is 0.406 e. The molecule has 0 unspecified atom stereocenters. The lowest BCUT2D eigenvalue weighted by molar-refractivity contribution is -0.166. The van der Waals surface area contributed by atoms with E-state index < -0.39 is 11.7 Å². The summed E-state index contributed by atoms with van der Waals surface area (Å²) in [5, 5.41) is 2.70. The van der Waals surface area contributed by atoms with E-state index in [4.69, 9.17) is 0 Å². The molecule has 0 heterocycles. The number of rotatable bonds is 3. The molecule has 2 rings (SSSR count). The average Bonchev–Trinajstić information content (AvgIpc) is 2.95. The van der Waals surface area contributed by atoms with Crippen LogP contribution in [0.1, 0.15) is 35.1 Å². The highest BCUT2D eigenvalue weighted by atomic mass is 19.4. The number of halogens is 3. The molecule has 1 N–H and O–H groups in total. The maximum absolute atomic E-state index is 12.8. The van der Waals surface area contributed by atoms with E-state index in [9.17, 15) is 13.2 Å². The number of hydrogen-bond acceptors (Lipinski definition) is 1. The topological polar surface area (TPSA) is 12.0 Å². The van der Waals surface area contributed by atoms with Crippen molar-refractivity contribution < 1.29 is 13.2 Å². The summed E-state index contributed by atoms with van der Waals surface area (Å²) in [5.74, 6) is 0. The zero-order chi connectivity index (χ0) is 13.6. The van der Waals surface area contributed by atoms with Gasteiger partial charge in [-0.2, -0.15) is 13.2 Å². The molecule has 0 aromatic heterocycles. The first-order chi connectivity index (χ1) is 8.25. The molecule has 18 heavy (non-hydrogen) atoms. The minimum Gasteiger partial charge on any atom is -0.299 e. The number of hydrogen-bond donors (Lipinski definition) is 1. The highest BCUT2D eigenvalue weighted by molar-refractivity contribution is 5.37. The van der Waals surface area contributed by atoms with Crippen LogP contribution >= 0.6 is 0 Å². The van der Waals surface area contributed by atoms with E-state index in [0.29, 0.717) is 0 Å². The molecule has 0 aliphatic heterocycles. The molecule has 1 aromatic rings. The van der Waals surface area contributed by atoms with Crippen molar-refractivity contribution in [3.05, 3.63) is 34.4 Å². The smallest absolute Gasteiger partial charge is 0.299 e. The van der Waals surface area contributed by atoms with E-state index in [1.54, 1.807) is 0 Å². The van der Waals surface area contributed by atoms with Gasteiger partial charge >= 0.3 is 6.18 Å². The summed E-state index contributed by atoms with van der Waals surface area (Å²) in [6.07, 6.45) is -3.75. The molecule has 0 spiro atoms. The number of benzene rings is 1. The molecule has 0 radical (unpaired) electrons. The van der Waals surface area contributed by atoms with Crippen molar-refractivity contribution in [3.8, 4) is 0 Å². The Labute approximate surface area is 105 Å². The Morgan fingerprint density at radius 2 is 1.61 bits per heavy atom. The van der Waals surface area contributed by atoms with E-state index in [2.05, 4.69) is 5.32 Å². The SMILES string of the molecule is Cc1cc(C)c(CNC2(C(F)(F)F)CC2)c(C)c1. The van der Waals surface area contributed by atoms with Gasteiger partial charge < -0.3 is 0 Å². The van der Waals surface area contributed by atoms with Crippen LogP contribution in [-0.4, -0.2) is 11.7 Å². The highest BCUT2D eigenvalue weighted by Crippen LogP contribution is 2.49. The van der Waals surface area contributed by atoms with Gasteiger partial charge in [0.1, 0.15) is 5.54 Å². The van der Waals surface area contributed by atoms with Gasteiger partial charge in [-0.3, -0.25) is 5.32 Å². The first-order valence-electron chi connectivity index (χ1n) is 6.14. The van der Waals surface area contributed by atoms with Crippen LogP contribution in [0.4, 0.5) is 13.2 Å². The fourth-order valence-corrected chi connectivity index (χ4v) is 2.43. The van der Waals surface area contributed by atoms with Crippen molar-refractivity contribution >= 4 is 0 Å². The fraction of sp³-hybridized carbons (Fsp3) is 0.571. The number of aryl methyl sites for hydroxylation is 3. The summed E-state index contributed by atoms with van der Waals surface area (Å²) >= 11 is 0. The molecule has 0 amide bonds. The van der Waals surface area contributed by atoms with Crippen LogP contribution in [0.15, 0.2) is 12.1 Å². The van der Waals surface area contributed by atoms with Gasteiger partial charge in [0.05, 0.1) is 0 Å². The molecule has 100 valence electrons. The van der Waals surface area contributed by atoms with Gasteiger partial charge in [-0.15, -0.1) is 0 Å². The maximum atomic E-state index is 12.8. The van der Waals surface area contributed by atoms with Crippen molar-refractivity contribution in [1.29, 1.82) is 0 Å². The number of alkyl halides is 3. The molecular weight excluding hydrogens is 239 g/mol. The average molecular weight is 257 g/mol. The Hall–Kier alpha value is -1.03. The first-order valence-corrected chi connectivity index (χ1v) is 6.14. The lowest BCUT2D eigenvalue weighted by atomic mass is 9.99. The summed E-state index contributed by atoms with van der Waals surface area (Å²) < 4.78 is 38.4. The Kier molecular flexibility index (Phi) is 3.18. The molecule has 1 fully saturated rings.